The van der Waals surface area contributed by atoms with Gasteiger partial charge in [-0.15, -0.1) is 0 Å². The second kappa shape index (κ2) is 5.57. The van der Waals surface area contributed by atoms with Crippen molar-refractivity contribution in [3.8, 4) is 0 Å². The van der Waals surface area contributed by atoms with Crippen LogP contribution in [-0.4, -0.2) is 20.0 Å². The monoisotopic (exact) mass is 254 g/mol. The minimum absolute atomic E-state index is 0.0852. The van der Waals surface area contributed by atoms with Crippen LogP contribution in [0, 0.1) is 6.92 Å². The maximum atomic E-state index is 12.2. The minimum Gasteiger partial charge on any atom is -0.378 e. The zero-order valence-electron chi connectivity index (χ0n) is 11.5. The molecule has 0 unspecified atom stereocenters. The molecule has 0 aliphatic heterocycles. The highest BCUT2D eigenvalue weighted by Gasteiger charge is 2.08. The Morgan fingerprint density at radius 3 is 2.47 bits per heavy atom. The Kier molecular flexibility index (Phi) is 3.85. The molecule has 0 atom stereocenters. The molecule has 0 fully saturated rings. The van der Waals surface area contributed by atoms with Crippen molar-refractivity contribution in [2.45, 2.75) is 6.92 Å². The van der Waals surface area contributed by atoms with Gasteiger partial charge in [-0.25, -0.2) is 0 Å². The van der Waals surface area contributed by atoms with Gasteiger partial charge in [0.2, 0.25) is 0 Å². The van der Waals surface area contributed by atoms with E-state index in [1.807, 2.05) is 74.4 Å². The highest BCUT2D eigenvalue weighted by Crippen LogP contribution is 2.17. The third-order valence-corrected chi connectivity index (χ3v) is 3.02. The molecule has 2 aromatic rings. The first-order chi connectivity index (χ1) is 9.08. The second-order valence-electron chi connectivity index (χ2n) is 4.71. The summed E-state index contributed by atoms with van der Waals surface area (Å²) < 4.78 is 0. The van der Waals surface area contributed by atoms with Crippen molar-refractivity contribution in [3.63, 3.8) is 0 Å². The van der Waals surface area contributed by atoms with E-state index < -0.39 is 0 Å². The molecule has 0 saturated carbocycles. The van der Waals surface area contributed by atoms with E-state index in [4.69, 9.17) is 0 Å². The van der Waals surface area contributed by atoms with Gasteiger partial charge in [0.05, 0.1) is 0 Å². The predicted octanol–water partition coefficient (Wildman–Crippen LogP) is 3.31. The summed E-state index contributed by atoms with van der Waals surface area (Å²) >= 11 is 0. The van der Waals surface area contributed by atoms with Gasteiger partial charge in [0.1, 0.15) is 0 Å². The van der Waals surface area contributed by atoms with E-state index in [-0.39, 0.29) is 5.91 Å². The van der Waals surface area contributed by atoms with Crippen molar-refractivity contribution < 1.29 is 4.79 Å². The van der Waals surface area contributed by atoms with Crippen LogP contribution in [0.5, 0.6) is 0 Å². The molecule has 0 radical (unpaired) electrons. The standard InChI is InChI=1S/C16H18N2O/c1-12-7-4-5-10-15(12)17-16(19)13-8-6-9-14(11-13)18(2)3/h4-11H,1-3H3,(H,17,19). The average molecular weight is 254 g/mol. The van der Waals surface area contributed by atoms with Crippen molar-refractivity contribution in [1.29, 1.82) is 0 Å². The van der Waals surface area contributed by atoms with Crippen LogP contribution in [0.2, 0.25) is 0 Å². The van der Waals surface area contributed by atoms with Gasteiger partial charge in [0.15, 0.2) is 0 Å². The fourth-order valence-corrected chi connectivity index (χ4v) is 1.83. The molecule has 1 N–H and O–H groups in total. The number of amides is 1. The summed E-state index contributed by atoms with van der Waals surface area (Å²) in [6.45, 7) is 1.98. The van der Waals surface area contributed by atoms with E-state index >= 15 is 0 Å². The summed E-state index contributed by atoms with van der Waals surface area (Å²) in [5.41, 5.74) is 3.58. The van der Waals surface area contributed by atoms with E-state index in [0.29, 0.717) is 5.56 Å². The van der Waals surface area contributed by atoms with E-state index in [1.165, 1.54) is 0 Å². The van der Waals surface area contributed by atoms with Gasteiger partial charge < -0.3 is 10.2 Å². The zero-order chi connectivity index (χ0) is 13.8. The topological polar surface area (TPSA) is 32.3 Å². The first-order valence-corrected chi connectivity index (χ1v) is 6.22. The zero-order valence-corrected chi connectivity index (χ0v) is 11.5. The number of hydrogen-bond acceptors (Lipinski definition) is 2. The van der Waals surface area contributed by atoms with Crippen LogP contribution in [0.15, 0.2) is 48.5 Å². The molecule has 1 amide bonds. The van der Waals surface area contributed by atoms with Crippen molar-refractivity contribution in [2.75, 3.05) is 24.3 Å². The molecule has 0 spiro atoms. The summed E-state index contributed by atoms with van der Waals surface area (Å²) in [6.07, 6.45) is 0. The molecule has 3 nitrogen and oxygen atoms in total. The summed E-state index contributed by atoms with van der Waals surface area (Å²) in [7, 11) is 3.91. The van der Waals surface area contributed by atoms with Crippen molar-refractivity contribution >= 4 is 17.3 Å². The lowest BCUT2D eigenvalue weighted by molar-refractivity contribution is 0.102. The number of aryl methyl sites for hydroxylation is 1. The molecule has 98 valence electrons. The molecule has 2 rings (SSSR count). The first-order valence-electron chi connectivity index (χ1n) is 6.22. The SMILES string of the molecule is Cc1ccccc1NC(=O)c1cccc(N(C)C)c1. The maximum Gasteiger partial charge on any atom is 0.255 e. The van der Waals surface area contributed by atoms with E-state index in [9.17, 15) is 4.79 Å². The van der Waals surface area contributed by atoms with Crippen LogP contribution in [-0.2, 0) is 0 Å². The van der Waals surface area contributed by atoms with Crippen LogP contribution in [0.4, 0.5) is 11.4 Å². The van der Waals surface area contributed by atoms with Gasteiger partial charge in [0, 0.05) is 31.0 Å². The number of carbonyl (C=O) groups is 1. The Labute approximate surface area is 113 Å². The van der Waals surface area contributed by atoms with E-state index in [1.54, 1.807) is 0 Å². The molecular formula is C16H18N2O. The van der Waals surface area contributed by atoms with E-state index in [0.717, 1.165) is 16.9 Å². The number of anilines is 2. The Hall–Kier alpha value is -2.29. The van der Waals surface area contributed by atoms with Crippen LogP contribution < -0.4 is 10.2 Å². The highest BCUT2D eigenvalue weighted by molar-refractivity contribution is 6.05. The third-order valence-electron chi connectivity index (χ3n) is 3.02. The van der Waals surface area contributed by atoms with Crippen LogP contribution >= 0.6 is 0 Å². The molecule has 2 aromatic carbocycles. The van der Waals surface area contributed by atoms with E-state index in [2.05, 4.69) is 5.32 Å². The van der Waals surface area contributed by atoms with Crippen LogP contribution in [0.25, 0.3) is 0 Å². The Morgan fingerprint density at radius 1 is 1.05 bits per heavy atom. The third kappa shape index (κ3) is 3.13. The molecule has 0 aromatic heterocycles. The molecule has 0 saturated heterocycles. The fraction of sp³-hybridized carbons (Fsp3) is 0.188. The number of nitrogens with one attached hydrogen (secondary N) is 1. The lowest BCUT2D eigenvalue weighted by Crippen LogP contribution is -2.14. The average Bonchev–Trinajstić information content (AvgIpc) is 2.41. The smallest absolute Gasteiger partial charge is 0.255 e. The molecule has 0 heterocycles. The van der Waals surface area contributed by atoms with Gasteiger partial charge >= 0.3 is 0 Å². The molecule has 3 heteroatoms. The normalized spacial score (nSPS) is 10.1. The minimum atomic E-state index is -0.0852. The largest absolute Gasteiger partial charge is 0.378 e. The molecular weight excluding hydrogens is 236 g/mol. The lowest BCUT2D eigenvalue weighted by Gasteiger charge is -2.14. The summed E-state index contributed by atoms with van der Waals surface area (Å²) in [5, 5.41) is 2.94. The molecule has 19 heavy (non-hydrogen) atoms. The molecule has 0 aliphatic carbocycles. The number of carbonyl (C=O) groups excluding carboxylic acids is 1. The number of benzene rings is 2. The van der Waals surface area contributed by atoms with Crippen LogP contribution in [0.1, 0.15) is 15.9 Å². The van der Waals surface area contributed by atoms with Gasteiger partial charge in [-0.2, -0.15) is 0 Å². The fourth-order valence-electron chi connectivity index (χ4n) is 1.83. The Balaban J connectivity index is 2.21. The van der Waals surface area contributed by atoms with Gasteiger partial charge in [-0.05, 0) is 36.8 Å². The highest BCUT2D eigenvalue weighted by atomic mass is 16.1. The Morgan fingerprint density at radius 2 is 1.79 bits per heavy atom. The summed E-state index contributed by atoms with van der Waals surface area (Å²) in [6, 6.07) is 15.3. The Bertz CT molecular complexity index is 591. The predicted molar refractivity (Wildman–Crippen MR) is 79.9 cm³/mol. The van der Waals surface area contributed by atoms with Crippen molar-refractivity contribution in [2.24, 2.45) is 0 Å². The van der Waals surface area contributed by atoms with Gasteiger partial charge in [-0.1, -0.05) is 24.3 Å². The molecule has 0 bridgehead atoms. The summed E-state index contributed by atoms with van der Waals surface area (Å²) in [5.74, 6) is -0.0852. The number of nitrogens with zero attached hydrogens (tertiary/aromatic N) is 1. The number of para-hydroxylation sites is 1. The summed E-state index contributed by atoms with van der Waals surface area (Å²) in [4.78, 5) is 14.2. The van der Waals surface area contributed by atoms with Crippen molar-refractivity contribution in [1.82, 2.24) is 0 Å². The van der Waals surface area contributed by atoms with Gasteiger partial charge in [-0.3, -0.25) is 4.79 Å². The number of rotatable bonds is 3. The van der Waals surface area contributed by atoms with Gasteiger partial charge in [0.25, 0.3) is 5.91 Å². The second-order valence-corrected chi connectivity index (χ2v) is 4.71. The van der Waals surface area contributed by atoms with Crippen molar-refractivity contribution in [3.05, 3.63) is 59.7 Å². The number of hydrogen-bond donors (Lipinski definition) is 1. The lowest BCUT2D eigenvalue weighted by atomic mass is 10.1. The molecule has 0 aliphatic rings. The quantitative estimate of drug-likeness (QED) is 0.911. The maximum absolute atomic E-state index is 12.2. The first kappa shape index (κ1) is 13.1. The van der Waals surface area contributed by atoms with Crippen LogP contribution in [0.3, 0.4) is 0 Å².